The maximum Gasteiger partial charge on any atom is 0.272 e. The molecule has 2 N–H and O–H groups in total. The van der Waals surface area contributed by atoms with Gasteiger partial charge in [-0.1, -0.05) is 0 Å². The van der Waals surface area contributed by atoms with Crippen molar-refractivity contribution in [3.8, 4) is 5.75 Å². The number of alkyl halides is 2. The Hall–Kier alpha value is -1.30. The summed E-state index contributed by atoms with van der Waals surface area (Å²) in [6, 6.07) is 2.05. The van der Waals surface area contributed by atoms with Gasteiger partial charge < -0.3 is 10.5 Å². The van der Waals surface area contributed by atoms with Crippen LogP contribution in [0.5, 0.6) is 5.75 Å². The van der Waals surface area contributed by atoms with Crippen LogP contribution in [0.3, 0.4) is 0 Å². The second kappa shape index (κ2) is 5.69. The Balaban J connectivity index is 2.85. The second-order valence-electron chi connectivity index (χ2n) is 3.13. The fraction of sp³-hybridized carbons (Fsp3) is 0.400. The summed E-state index contributed by atoms with van der Waals surface area (Å²) in [6.45, 7) is -0.791. The van der Waals surface area contributed by atoms with Gasteiger partial charge in [-0.25, -0.2) is 17.6 Å². The van der Waals surface area contributed by atoms with Crippen LogP contribution in [0.25, 0.3) is 0 Å². The van der Waals surface area contributed by atoms with E-state index in [0.29, 0.717) is 12.0 Å². The minimum Gasteiger partial charge on any atom is -0.482 e. The summed E-state index contributed by atoms with van der Waals surface area (Å²) >= 11 is 0. The molecular weight excluding hydrogens is 226 g/mol. The van der Waals surface area contributed by atoms with Gasteiger partial charge in [0, 0.05) is 0 Å². The number of hydrogen-bond donors (Lipinski definition) is 1. The third-order valence-electron chi connectivity index (χ3n) is 1.84. The van der Waals surface area contributed by atoms with E-state index in [2.05, 4.69) is 4.74 Å². The molecule has 16 heavy (non-hydrogen) atoms. The van der Waals surface area contributed by atoms with E-state index < -0.39 is 30.4 Å². The molecule has 90 valence electrons. The Kier molecular flexibility index (Phi) is 4.54. The lowest BCUT2D eigenvalue weighted by Gasteiger charge is -2.09. The summed E-state index contributed by atoms with van der Waals surface area (Å²) in [6.07, 6.45) is -2.47. The first-order valence-corrected chi connectivity index (χ1v) is 4.63. The maximum absolute atomic E-state index is 13.2. The summed E-state index contributed by atoms with van der Waals surface area (Å²) in [5, 5.41) is 0. The van der Waals surface area contributed by atoms with E-state index >= 15 is 0 Å². The molecule has 2 nitrogen and oxygen atoms in total. The molecule has 1 aromatic rings. The molecule has 0 saturated carbocycles. The average Bonchev–Trinajstić information content (AvgIpc) is 2.16. The first-order valence-electron chi connectivity index (χ1n) is 4.63. The Morgan fingerprint density at radius 1 is 1.19 bits per heavy atom. The molecular formula is C10H11F4NO. The van der Waals surface area contributed by atoms with Crippen LogP contribution in [-0.4, -0.2) is 19.6 Å². The molecule has 6 heteroatoms. The zero-order valence-corrected chi connectivity index (χ0v) is 8.35. The predicted molar refractivity (Wildman–Crippen MR) is 50.6 cm³/mol. The Morgan fingerprint density at radius 3 is 2.19 bits per heavy atom. The molecule has 0 fully saturated rings. The van der Waals surface area contributed by atoms with Crippen molar-refractivity contribution in [2.24, 2.45) is 5.73 Å². The van der Waals surface area contributed by atoms with Gasteiger partial charge in [0.05, 0.1) is 0 Å². The molecule has 0 atom stereocenters. The van der Waals surface area contributed by atoms with E-state index in [1.807, 2.05) is 0 Å². The minimum atomic E-state index is -2.78. The number of benzene rings is 1. The van der Waals surface area contributed by atoms with Crippen LogP contribution in [0.2, 0.25) is 0 Å². The van der Waals surface area contributed by atoms with Gasteiger partial charge in [-0.3, -0.25) is 0 Å². The summed E-state index contributed by atoms with van der Waals surface area (Å²) in [7, 11) is 0. The van der Waals surface area contributed by atoms with Gasteiger partial charge in [-0.2, -0.15) is 0 Å². The molecule has 0 aromatic heterocycles. The normalized spacial score (nSPS) is 10.9. The summed E-state index contributed by atoms with van der Waals surface area (Å²) in [5.41, 5.74) is 5.58. The van der Waals surface area contributed by atoms with Crippen molar-refractivity contribution in [3.63, 3.8) is 0 Å². The highest BCUT2D eigenvalue weighted by molar-refractivity contribution is 5.31. The van der Waals surface area contributed by atoms with E-state index in [1.54, 1.807) is 0 Å². The minimum absolute atomic E-state index is 0.246. The summed E-state index contributed by atoms with van der Waals surface area (Å²) in [5.74, 6) is -2.77. The standard InChI is InChI=1S/C10H11F4NO/c11-7-3-6(1-2-15)4-8(12)10(7)16-5-9(13)14/h3-4,9H,1-2,5,15H2. The van der Waals surface area contributed by atoms with Gasteiger partial charge in [-0.05, 0) is 30.7 Å². The topological polar surface area (TPSA) is 35.2 Å². The van der Waals surface area contributed by atoms with Gasteiger partial charge in [-0.15, -0.1) is 0 Å². The van der Waals surface area contributed by atoms with Crippen molar-refractivity contribution in [2.75, 3.05) is 13.2 Å². The molecule has 0 unspecified atom stereocenters. The van der Waals surface area contributed by atoms with Crippen LogP contribution in [0.15, 0.2) is 12.1 Å². The van der Waals surface area contributed by atoms with Gasteiger partial charge >= 0.3 is 0 Å². The summed E-state index contributed by atoms with van der Waals surface area (Å²) < 4.78 is 54.4. The molecule has 1 rings (SSSR count). The van der Waals surface area contributed by atoms with Crippen molar-refractivity contribution in [2.45, 2.75) is 12.8 Å². The Bertz CT molecular complexity index is 334. The van der Waals surface area contributed by atoms with E-state index in [4.69, 9.17) is 5.73 Å². The van der Waals surface area contributed by atoms with Crippen LogP contribution in [0.4, 0.5) is 17.6 Å². The highest BCUT2D eigenvalue weighted by Crippen LogP contribution is 2.23. The molecule has 0 aliphatic carbocycles. The van der Waals surface area contributed by atoms with Crippen molar-refractivity contribution in [1.82, 2.24) is 0 Å². The van der Waals surface area contributed by atoms with Crippen molar-refractivity contribution in [1.29, 1.82) is 0 Å². The fourth-order valence-corrected chi connectivity index (χ4v) is 1.21. The monoisotopic (exact) mass is 237 g/mol. The molecule has 0 heterocycles. The smallest absolute Gasteiger partial charge is 0.272 e. The first kappa shape index (κ1) is 12.8. The molecule has 0 aliphatic heterocycles. The number of nitrogens with two attached hydrogens (primary N) is 1. The van der Waals surface area contributed by atoms with Gasteiger partial charge in [0.1, 0.15) is 6.61 Å². The van der Waals surface area contributed by atoms with Crippen molar-refractivity contribution in [3.05, 3.63) is 29.3 Å². The van der Waals surface area contributed by atoms with Crippen LogP contribution >= 0.6 is 0 Å². The molecule has 0 saturated heterocycles. The van der Waals surface area contributed by atoms with Crippen molar-refractivity contribution < 1.29 is 22.3 Å². The molecule has 0 bridgehead atoms. The average molecular weight is 237 g/mol. The number of rotatable bonds is 5. The zero-order valence-electron chi connectivity index (χ0n) is 8.35. The highest BCUT2D eigenvalue weighted by atomic mass is 19.3. The quantitative estimate of drug-likeness (QED) is 0.796. The fourth-order valence-electron chi connectivity index (χ4n) is 1.21. The van der Waals surface area contributed by atoms with E-state index in [-0.39, 0.29) is 6.54 Å². The van der Waals surface area contributed by atoms with Crippen LogP contribution in [-0.2, 0) is 6.42 Å². The Morgan fingerprint density at radius 2 is 1.75 bits per heavy atom. The molecule has 1 aromatic carbocycles. The lowest BCUT2D eigenvalue weighted by atomic mass is 10.1. The number of ether oxygens (including phenoxy) is 1. The lowest BCUT2D eigenvalue weighted by molar-refractivity contribution is 0.0777. The predicted octanol–water partition coefficient (Wildman–Crippen LogP) is 2.11. The van der Waals surface area contributed by atoms with E-state index in [9.17, 15) is 17.6 Å². The zero-order chi connectivity index (χ0) is 12.1. The molecule has 0 radical (unpaired) electrons. The van der Waals surface area contributed by atoms with Crippen molar-refractivity contribution >= 4 is 0 Å². The molecule has 0 aliphatic rings. The van der Waals surface area contributed by atoms with E-state index in [1.165, 1.54) is 0 Å². The SMILES string of the molecule is NCCc1cc(F)c(OCC(F)F)c(F)c1. The van der Waals surface area contributed by atoms with Crippen LogP contribution in [0, 0.1) is 11.6 Å². The molecule has 0 amide bonds. The highest BCUT2D eigenvalue weighted by Gasteiger charge is 2.14. The third kappa shape index (κ3) is 3.37. The van der Waals surface area contributed by atoms with Gasteiger partial charge in [0.25, 0.3) is 6.43 Å². The van der Waals surface area contributed by atoms with Gasteiger partial charge in [0.2, 0.25) is 0 Å². The number of halogens is 4. The summed E-state index contributed by atoms with van der Waals surface area (Å²) in [4.78, 5) is 0. The van der Waals surface area contributed by atoms with Crippen LogP contribution < -0.4 is 10.5 Å². The van der Waals surface area contributed by atoms with Gasteiger partial charge in [0.15, 0.2) is 17.4 Å². The van der Waals surface area contributed by atoms with Crippen LogP contribution in [0.1, 0.15) is 5.56 Å². The third-order valence-corrected chi connectivity index (χ3v) is 1.84. The molecule has 0 spiro atoms. The van der Waals surface area contributed by atoms with E-state index in [0.717, 1.165) is 12.1 Å². The largest absolute Gasteiger partial charge is 0.482 e. The first-order chi connectivity index (χ1) is 7.54. The maximum atomic E-state index is 13.2. The lowest BCUT2D eigenvalue weighted by Crippen LogP contribution is -2.10. The Labute approximate surface area is 90.0 Å². The second-order valence-corrected chi connectivity index (χ2v) is 3.13. The number of hydrogen-bond acceptors (Lipinski definition) is 2.